The van der Waals surface area contributed by atoms with Crippen LogP contribution < -0.4 is 0 Å². The third-order valence-electron chi connectivity index (χ3n) is 1.12. The van der Waals surface area contributed by atoms with E-state index in [0.29, 0.717) is 0 Å². The second-order valence-corrected chi connectivity index (χ2v) is 2.20. The summed E-state index contributed by atoms with van der Waals surface area (Å²) in [7, 11) is 0. The molecule has 0 saturated heterocycles. The minimum absolute atomic E-state index is 0.124. The SMILES string of the molecule is [CH2]CCCCC(C)O. The number of aliphatic hydroxyl groups is 1. The molecule has 1 radical (unpaired) electrons. The highest BCUT2D eigenvalue weighted by molar-refractivity contribution is 4.48. The molecule has 1 nitrogen and oxygen atoms in total. The van der Waals surface area contributed by atoms with Gasteiger partial charge in [-0.05, 0) is 13.3 Å². The topological polar surface area (TPSA) is 20.2 Å². The monoisotopic (exact) mass is 115 g/mol. The van der Waals surface area contributed by atoms with Gasteiger partial charge in [0.05, 0.1) is 6.10 Å². The minimum atomic E-state index is -0.124. The zero-order valence-electron chi connectivity index (χ0n) is 5.56. The van der Waals surface area contributed by atoms with Gasteiger partial charge in [0.2, 0.25) is 0 Å². The van der Waals surface area contributed by atoms with Crippen molar-refractivity contribution >= 4 is 0 Å². The molecule has 0 rings (SSSR count). The average molecular weight is 115 g/mol. The van der Waals surface area contributed by atoms with Crippen LogP contribution in [-0.4, -0.2) is 11.2 Å². The molecule has 0 saturated carbocycles. The smallest absolute Gasteiger partial charge is 0.0512 e. The Kier molecular flexibility index (Phi) is 5.08. The quantitative estimate of drug-likeness (QED) is 0.553. The maximum Gasteiger partial charge on any atom is 0.0512 e. The van der Waals surface area contributed by atoms with Gasteiger partial charge in [-0.2, -0.15) is 0 Å². The normalized spacial score (nSPS) is 13.9. The van der Waals surface area contributed by atoms with Gasteiger partial charge in [-0.15, -0.1) is 0 Å². The molecule has 1 atom stereocenters. The molecule has 0 aromatic carbocycles. The fourth-order valence-corrected chi connectivity index (χ4v) is 0.617. The Bertz CT molecular complexity index is 41.7. The Morgan fingerprint density at radius 3 is 2.50 bits per heavy atom. The summed E-state index contributed by atoms with van der Waals surface area (Å²) in [4.78, 5) is 0. The molecule has 0 aliphatic carbocycles. The first-order valence-electron chi connectivity index (χ1n) is 3.24. The predicted octanol–water partition coefficient (Wildman–Crippen LogP) is 1.76. The molecule has 0 bridgehead atoms. The molecule has 0 aromatic rings. The first-order chi connectivity index (χ1) is 3.77. The molecule has 1 N–H and O–H groups in total. The summed E-state index contributed by atoms with van der Waals surface area (Å²) in [6.07, 6.45) is 4.05. The third kappa shape index (κ3) is 5.96. The van der Waals surface area contributed by atoms with Crippen molar-refractivity contribution in [3.8, 4) is 0 Å². The van der Waals surface area contributed by atoms with Gasteiger partial charge in [0.25, 0.3) is 0 Å². The lowest BCUT2D eigenvalue weighted by atomic mass is 10.1. The molecular formula is C7H15O. The van der Waals surface area contributed by atoms with Crippen LogP contribution in [0.25, 0.3) is 0 Å². The summed E-state index contributed by atoms with van der Waals surface area (Å²) in [6, 6.07) is 0. The van der Waals surface area contributed by atoms with Crippen LogP contribution in [0.1, 0.15) is 32.6 Å². The van der Waals surface area contributed by atoms with Crippen molar-refractivity contribution in [2.24, 2.45) is 0 Å². The first kappa shape index (κ1) is 7.96. The van der Waals surface area contributed by atoms with Crippen molar-refractivity contribution in [2.75, 3.05) is 0 Å². The van der Waals surface area contributed by atoms with E-state index in [1.54, 1.807) is 0 Å². The molecule has 0 spiro atoms. The highest BCUT2D eigenvalue weighted by atomic mass is 16.3. The van der Waals surface area contributed by atoms with Crippen LogP contribution in [-0.2, 0) is 0 Å². The average Bonchev–Trinajstić information content (AvgIpc) is 1.66. The first-order valence-corrected chi connectivity index (χ1v) is 3.24. The van der Waals surface area contributed by atoms with Gasteiger partial charge in [0, 0.05) is 0 Å². The molecular weight excluding hydrogens is 100 g/mol. The number of aliphatic hydroxyl groups excluding tert-OH is 1. The minimum Gasteiger partial charge on any atom is -0.393 e. The van der Waals surface area contributed by atoms with E-state index in [1.165, 1.54) is 0 Å². The maximum atomic E-state index is 8.76. The molecule has 0 heterocycles. The Morgan fingerprint density at radius 2 is 2.12 bits per heavy atom. The standard InChI is InChI=1S/C7H15O/c1-3-4-5-6-7(2)8/h7-8H,1,3-6H2,2H3. The lowest BCUT2D eigenvalue weighted by molar-refractivity contribution is 0.181. The second kappa shape index (κ2) is 5.10. The molecule has 1 unspecified atom stereocenters. The van der Waals surface area contributed by atoms with Crippen LogP contribution in [0.5, 0.6) is 0 Å². The zero-order chi connectivity index (χ0) is 6.41. The number of rotatable bonds is 4. The van der Waals surface area contributed by atoms with E-state index in [1.807, 2.05) is 6.92 Å². The van der Waals surface area contributed by atoms with E-state index >= 15 is 0 Å². The zero-order valence-corrected chi connectivity index (χ0v) is 5.56. The Hall–Kier alpha value is -0.0400. The molecule has 8 heavy (non-hydrogen) atoms. The lowest BCUT2D eigenvalue weighted by Crippen LogP contribution is -1.97. The van der Waals surface area contributed by atoms with Crippen molar-refractivity contribution in [3.05, 3.63) is 6.92 Å². The van der Waals surface area contributed by atoms with Crippen molar-refractivity contribution < 1.29 is 5.11 Å². The Morgan fingerprint density at radius 1 is 1.50 bits per heavy atom. The molecule has 1 heteroatoms. The van der Waals surface area contributed by atoms with Gasteiger partial charge in [-0.3, -0.25) is 0 Å². The molecule has 0 aliphatic heterocycles. The summed E-state index contributed by atoms with van der Waals surface area (Å²) in [6.45, 7) is 5.52. The van der Waals surface area contributed by atoms with Crippen molar-refractivity contribution in [2.45, 2.75) is 38.7 Å². The Balaban J connectivity index is 2.72. The van der Waals surface area contributed by atoms with Gasteiger partial charge in [0.1, 0.15) is 0 Å². The van der Waals surface area contributed by atoms with E-state index in [4.69, 9.17) is 5.11 Å². The fourth-order valence-electron chi connectivity index (χ4n) is 0.617. The molecule has 49 valence electrons. The highest BCUT2D eigenvalue weighted by Gasteiger charge is 1.92. The van der Waals surface area contributed by atoms with Crippen LogP contribution in [0.3, 0.4) is 0 Å². The van der Waals surface area contributed by atoms with E-state index in [9.17, 15) is 0 Å². The van der Waals surface area contributed by atoms with Crippen LogP contribution in [0, 0.1) is 6.92 Å². The highest BCUT2D eigenvalue weighted by Crippen LogP contribution is 2.01. The van der Waals surface area contributed by atoms with Gasteiger partial charge >= 0.3 is 0 Å². The summed E-state index contributed by atoms with van der Waals surface area (Å²) < 4.78 is 0. The van der Waals surface area contributed by atoms with Gasteiger partial charge < -0.3 is 5.11 Å². The van der Waals surface area contributed by atoms with Crippen LogP contribution in [0.15, 0.2) is 0 Å². The molecule has 0 aromatic heterocycles. The van der Waals surface area contributed by atoms with E-state index in [0.717, 1.165) is 25.7 Å². The number of hydrogen-bond acceptors (Lipinski definition) is 1. The van der Waals surface area contributed by atoms with Gasteiger partial charge in [0.15, 0.2) is 0 Å². The van der Waals surface area contributed by atoms with Crippen molar-refractivity contribution in [3.63, 3.8) is 0 Å². The van der Waals surface area contributed by atoms with E-state index in [2.05, 4.69) is 6.92 Å². The molecule has 0 amide bonds. The number of hydrogen-bond donors (Lipinski definition) is 1. The molecule has 0 aliphatic rings. The van der Waals surface area contributed by atoms with Crippen molar-refractivity contribution in [1.82, 2.24) is 0 Å². The van der Waals surface area contributed by atoms with Crippen molar-refractivity contribution in [1.29, 1.82) is 0 Å². The van der Waals surface area contributed by atoms with Gasteiger partial charge in [-0.25, -0.2) is 0 Å². The summed E-state index contributed by atoms with van der Waals surface area (Å²) in [5.74, 6) is 0. The van der Waals surface area contributed by atoms with Crippen LogP contribution in [0.2, 0.25) is 0 Å². The summed E-state index contributed by atoms with van der Waals surface area (Å²) in [5.41, 5.74) is 0. The fraction of sp³-hybridized carbons (Fsp3) is 0.857. The number of unbranched alkanes of at least 4 members (excludes halogenated alkanes) is 2. The van der Waals surface area contributed by atoms with E-state index < -0.39 is 0 Å². The van der Waals surface area contributed by atoms with E-state index in [-0.39, 0.29) is 6.10 Å². The van der Waals surface area contributed by atoms with Gasteiger partial charge in [-0.1, -0.05) is 26.2 Å². The molecule has 0 fully saturated rings. The lowest BCUT2D eigenvalue weighted by Gasteiger charge is -2.00. The summed E-state index contributed by atoms with van der Waals surface area (Å²) in [5, 5.41) is 8.76. The second-order valence-electron chi connectivity index (χ2n) is 2.20. The largest absolute Gasteiger partial charge is 0.393 e. The Labute approximate surface area is 51.7 Å². The predicted molar refractivity (Wildman–Crippen MR) is 35.5 cm³/mol. The summed E-state index contributed by atoms with van der Waals surface area (Å²) >= 11 is 0. The van der Waals surface area contributed by atoms with Crippen LogP contribution in [0.4, 0.5) is 0 Å². The third-order valence-corrected chi connectivity index (χ3v) is 1.12. The van der Waals surface area contributed by atoms with Crippen LogP contribution >= 0.6 is 0 Å². The maximum absolute atomic E-state index is 8.76.